The molecule has 0 N–H and O–H groups in total. The minimum atomic E-state index is -0.379. The van der Waals surface area contributed by atoms with Crippen LogP contribution in [0.4, 0.5) is 4.39 Å². The molecule has 5 heteroatoms. The molecule has 2 aliphatic heterocycles. The molecule has 0 aromatic heterocycles. The van der Waals surface area contributed by atoms with Gasteiger partial charge in [-0.15, -0.1) is 0 Å². The molecule has 0 bridgehead atoms. The van der Waals surface area contributed by atoms with E-state index in [-0.39, 0.29) is 23.9 Å². The maximum atomic E-state index is 13.6. The summed E-state index contributed by atoms with van der Waals surface area (Å²) in [6, 6.07) is 14.6. The largest absolute Gasteiger partial charge is 0.486 e. The van der Waals surface area contributed by atoms with Gasteiger partial charge in [0, 0.05) is 26.2 Å². The summed E-state index contributed by atoms with van der Waals surface area (Å²) in [7, 11) is 1.81. The lowest BCUT2D eigenvalue weighted by Crippen LogP contribution is -2.44. The van der Waals surface area contributed by atoms with Gasteiger partial charge in [0.15, 0.2) is 0 Å². The summed E-state index contributed by atoms with van der Waals surface area (Å²) in [6.07, 6.45) is 1.98. The normalized spacial score (nSPS) is 22.5. The summed E-state index contributed by atoms with van der Waals surface area (Å²) in [5, 5.41) is 0. The van der Waals surface area contributed by atoms with Crippen molar-refractivity contribution in [1.82, 2.24) is 9.80 Å². The van der Waals surface area contributed by atoms with Crippen LogP contribution < -0.4 is 4.74 Å². The summed E-state index contributed by atoms with van der Waals surface area (Å²) in [4.78, 5) is 16.8. The number of likely N-dealkylation sites (tertiary alicyclic amines) is 1. The molecule has 136 valence electrons. The number of carbonyl (C=O) groups is 1. The molecule has 2 unspecified atom stereocenters. The molecule has 1 saturated heterocycles. The Bertz CT molecular complexity index is 796. The first-order valence-electron chi connectivity index (χ1n) is 9.11. The number of carbonyl (C=O) groups excluding carboxylic acids is 1. The van der Waals surface area contributed by atoms with Crippen LogP contribution in [0, 0.1) is 5.82 Å². The summed E-state index contributed by atoms with van der Waals surface area (Å²) in [5.74, 6) is -0.116. The Morgan fingerprint density at radius 1 is 1.15 bits per heavy atom. The van der Waals surface area contributed by atoms with E-state index in [0.29, 0.717) is 11.3 Å². The smallest absolute Gasteiger partial charge is 0.257 e. The van der Waals surface area contributed by atoms with Crippen LogP contribution in [-0.2, 0) is 6.42 Å². The number of nitrogens with zero attached hydrogens (tertiary/aromatic N) is 2. The van der Waals surface area contributed by atoms with Crippen LogP contribution in [0.15, 0.2) is 48.5 Å². The maximum absolute atomic E-state index is 13.6. The SMILES string of the molecule is CN1C(=O)c2ccc(F)cc2OC2CN(CCCc3ccccc3)CC21. The molecule has 1 amide bonds. The number of likely N-dealkylation sites (N-methyl/N-ethyl adjacent to an activating group) is 1. The lowest BCUT2D eigenvalue weighted by atomic mass is 10.1. The molecule has 0 saturated carbocycles. The highest BCUT2D eigenvalue weighted by Gasteiger charge is 2.42. The standard InChI is InChI=1S/C21H23FN2O2/c1-23-18-13-24(11-5-8-15-6-3-2-4-7-15)14-20(18)26-19-12-16(22)9-10-17(19)21(23)25/h2-4,6-7,9-10,12,18,20H,5,8,11,13-14H2,1H3. The lowest BCUT2D eigenvalue weighted by molar-refractivity contribution is 0.0682. The van der Waals surface area contributed by atoms with Gasteiger partial charge in [-0.3, -0.25) is 9.69 Å². The van der Waals surface area contributed by atoms with E-state index in [1.165, 1.54) is 23.8 Å². The van der Waals surface area contributed by atoms with Crippen molar-refractivity contribution in [2.45, 2.75) is 25.0 Å². The van der Waals surface area contributed by atoms with Gasteiger partial charge >= 0.3 is 0 Å². The van der Waals surface area contributed by atoms with E-state index in [2.05, 4.69) is 29.2 Å². The molecule has 2 aromatic rings. The quantitative estimate of drug-likeness (QED) is 0.846. The molecule has 2 aromatic carbocycles. The Labute approximate surface area is 153 Å². The van der Waals surface area contributed by atoms with E-state index in [4.69, 9.17) is 4.74 Å². The maximum Gasteiger partial charge on any atom is 0.257 e. The van der Waals surface area contributed by atoms with E-state index in [1.54, 1.807) is 4.90 Å². The third-order valence-electron chi connectivity index (χ3n) is 5.37. The second kappa shape index (κ2) is 7.08. The third-order valence-corrected chi connectivity index (χ3v) is 5.37. The van der Waals surface area contributed by atoms with Crippen molar-refractivity contribution < 1.29 is 13.9 Å². The van der Waals surface area contributed by atoms with Gasteiger partial charge in [-0.05, 0) is 37.1 Å². The zero-order chi connectivity index (χ0) is 18.1. The lowest BCUT2D eigenvalue weighted by Gasteiger charge is -2.25. The van der Waals surface area contributed by atoms with Crippen LogP contribution in [-0.4, -0.2) is 54.5 Å². The number of rotatable bonds is 4. The molecule has 26 heavy (non-hydrogen) atoms. The average Bonchev–Trinajstić information content (AvgIpc) is 3.00. The van der Waals surface area contributed by atoms with Crippen molar-refractivity contribution in [3.63, 3.8) is 0 Å². The Hall–Kier alpha value is -2.40. The zero-order valence-corrected chi connectivity index (χ0v) is 14.9. The van der Waals surface area contributed by atoms with Crippen molar-refractivity contribution >= 4 is 5.91 Å². The van der Waals surface area contributed by atoms with Crippen LogP contribution in [0.2, 0.25) is 0 Å². The Kier molecular flexibility index (Phi) is 4.64. The molecule has 1 fully saturated rings. The van der Waals surface area contributed by atoms with Gasteiger partial charge in [-0.2, -0.15) is 0 Å². The van der Waals surface area contributed by atoms with Crippen molar-refractivity contribution in [3.05, 3.63) is 65.5 Å². The number of hydrogen-bond donors (Lipinski definition) is 0. The Morgan fingerprint density at radius 3 is 2.77 bits per heavy atom. The van der Waals surface area contributed by atoms with Crippen molar-refractivity contribution in [2.24, 2.45) is 0 Å². The number of hydrogen-bond acceptors (Lipinski definition) is 3. The highest BCUT2D eigenvalue weighted by atomic mass is 19.1. The minimum absolute atomic E-state index is 0.00492. The van der Waals surface area contributed by atoms with Crippen LogP contribution in [0.1, 0.15) is 22.3 Å². The molecule has 2 aliphatic rings. The second-order valence-corrected chi connectivity index (χ2v) is 7.13. The van der Waals surface area contributed by atoms with E-state index in [1.807, 2.05) is 13.1 Å². The minimum Gasteiger partial charge on any atom is -0.486 e. The predicted octanol–water partition coefficient (Wildman–Crippen LogP) is 2.98. The molecular weight excluding hydrogens is 331 g/mol. The molecule has 4 nitrogen and oxygen atoms in total. The highest BCUT2D eigenvalue weighted by molar-refractivity contribution is 5.97. The number of halogens is 1. The molecule has 2 atom stereocenters. The Balaban J connectivity index is 1.42. The van der Waals surface area contributed by atoms with Gasteiger partial charge in [0.2, 0.25) is 0 Å². The van der Waals surface area contributed by atoms with Crippen molar-refractivity contribution in [2.75, 3.05) is 26.7 Å². The van der Waals surface area contributed by atoms with Crippen LogP contribution >= 0.6 is 0 Å². The van der Waals surface area contributed by atoms with Crippen LogP contribution in [0.5, 0.6) is 5.75 Å². The first-order chi connectivity index (χ1) is 12.6. The average molecular weight is 354 g/mol. The van der Waals surface area contributed by atoms with E-state index < -0.39 is 0 Å². The van der Waals surface area contributed by atoms with Gasteiger partial charge in [0.25, 0.3) is 5.91 Å². The summed E-state index contributed by atoms with van der Waals surface area (Å²) in [6.45, 7) is 2.51. The van der Waals surface area contributed by atoms with Gasteiger partial charge in [0.05, 0.1) is 11.6 Å². The number of benzene rings is 2. The number of ether oxygens (including phenoxy) is 1. The fourth-order valence-corrected chi connectivity index (χ4v) is 3.93. The number of amides is 1. The summed E-state index contributed by atoms with van der Waals surface area (Å²) < 4.78 is 19.6. The van der Waals surface area contributed by atoms with E-state index in [0.717, 1.165) is 32.5 Å². The second-order valence-electron chi connectivity index (χ2n) is 7.13. The molecule has 4 rings (SSSR count). The first-order valence-corrected chi connectivity index (χ1v) is 9.11. The predicted molar refractivity (Wildman–Crippen MR) is 97.9 cm³/mol. The van der Waals surface area contributed by atoms with Gasteiger partial charge in [-0.1, -0.05) is 30.3 Å². The van der Waals surface area contributed by atoms with Crippen molar-refractivity contribution in [3.8, 4) is 5.75 Å². The topological polar surface area (TPSA) is 32.8 Å². The molecule has 0 radical (unpaired) electrons. The van der Waals surface area contributed by atoms with Crippen molar-refractivity contribution in [1.29, 1.82) is 0 Å². The highest BCUT2D eigenvalue weighted by Crippen LogP contribution is 2.31. The van der Waals surface area contributed by atoms with E-state index in [9.17, 15) is 9.18 Å². The fourth-order valence-electron chi connectivity index (χ4n) is 3.93. The van der Waals surface area contributed by atoms with Gasteiger partial charge in [-0.25, -0.2) is 4.39 Å². The van der Waals surface area contributed by atoms with Crippen LogP contribution in [0.25, 0.3) is 0 Å². The monoisotopic (exact) mass is 354 g/mol. The van der Waals surface area contributed by atoms with Crippen LogP contribution in [0.3, 0.4) is 0 Å². The first kappa shape index (κ1) is 17.0. The molecular formula is C21H23FN2O2. The Morgan fingerprint density at radius 2 is 1.96 bits per heavy atom. The summed E-state index contributed by atoms with van der Waals surface area (Å²) >= 11 is 0. The van der Waals surface area contributed by atoms with Gasteiger partial charge < -0.3 is 9.64 Å². The zero-order valence-electron chi connectivity index (χ0n) is 14.9. The third kappa shape index (κ3) is 3.31. The summed E-state index contributed by atoms with van der Waals surface area (Å²) in [5.41, 5.74) is 1.78. The van der Waals surface area contributed by atoms with Gasteiger partial charge in [0.1, 0.15) is 17.7 Å². The van der Waals surface area contributed by atoms with E-state index >= 15 is 0 Å². The fraction of sp³-hybridized carbons (Fsp3) is 0.381. The number of fused-ring (bicyclic) bond motifs is 2. The molecule has 0 spiro atoms. The molecule has 2 heterocycles. The number of aryl methyl sites for hydroxylation is 1. The molecule has 0 aliphatic carbocycles.